The Morgan fingerprint density at radius 2 is 2.12 bits per heavy atom. The van der Waals surface area contributed by atoms with Crippen LogP contribution >= 0.6 is 0 Å². The highest BCUT2D eigenvalue weighted by Crippen LogP contribution is 2.09. The summed E-state index contributed by atoms with van der Waals surface area (Å²) in [6.07, 6.45) is 1.69. The predicted octanol–water partition coefficient (Wildman–Crippen LogP) is 1.35. The second-order valence-corrected chi connectivity index (χ2v) is 3.75. The molecule has 0 saturated carbocycles. The first kappa shape index (κ1) is 11.2. The Morgan fingerprint density at radius 3 is 2.71 bits per heavy atom. The van der Waals surface area contributed by atoms with E-state index in [9.17, 15) is 4.79 Å². The molecule has 0 bridgehead atoms. The molecular formula is C12H13N3O2. The number of nitrogens with zero attached hydrogens (tertiary/aromatic N) is 1. The number of carbonyl (C=O) groups excluding carboxylic acids is 1. The Balaban J connectivity index is 1.98. The average molecular weight is 231 g/mol. The van der Waals surface area contributed by atoms with Gasteiger partial charge in [0.25, 0.3) is 5.91 Å². The van der Waals surface area contributed by atoms with E-state index in [0.29, 0.717) is 12.1 Å². The van der Waals surface area contributed by atoms with E-state index in [2.05, 4.69) is 15.5 Å². The van der Waals surface area contributed by atoms with Crippen molar-refractivity contribution in [2.75, 3.05) is 0 Å². The molecule has 1 aromatic heterocycles. The van der Waals surface area contributed by atoms with Crippen molar-refractivity contribution in [2.24, 2.45) is 0 Å². The molecule has 1 amide bonds. The van der Waals surface area contributed by atoms with Crippen molar-refractivity contribution in [1.29, 1.82) is 0 Å². The number of amides is 1. The lowest BCUT2D eigenvalue weighted by atomic mass is 10.2. The summed E-state index contributed by atoms with van der Waals surface area (Å²) < 4.78 is 0. The van der Waals surface area contributed by atoms with Gasteiger partial charge in [0.1, 0.15) is 5.75 Å². The fourth-order valence-electron chi connectivity index (χ4n) is 1.44. The van der Waals surface area contributed by atoms with E-state index in [1.54, 1.807) is 18.3 Å². The first-order valence-corrected chi connectivity index (χ1v) is 5.23. The summed E-state index contributed by atoms with van der Waals surface area (Å²) in [7, 11) is 0. The van der Waals surface area contributed by atoms with E-state index in [4.69, 9.17) is 5.11 Å². The molecule has 17 heavy (non-hydrogen) atoms. The number of hydrogen-bond acceptors (Lipinski definition) is 3. The number of aromatic nitrogens is 2. The van der Waals surface area contributed by atoms with Crippen LogP contribution in [0.4, 0.5) is 0 Å². The molecule has 0 radical (unpaired) electrons. The maximum Gasteiger partial charge on any atom is 0.251 e. The second-order valence-electron chi connectivity index (χ2n) is 3.75. The lowest BCUT2D eigenvalue weighted by molar-refractivity contribution is 0.0951. The predicted molar refractivity (Wildman–Crippen MR) is 62.6 cm³/mol. The topological polar surface area (TPSA) is 78.0 Å². The van der Waals surface area contributed by atoms with Gasteiger partial charge in [-0.3, -0.25) is 9.89 Å². The summed E-state index contributed by atoms with van der Waals surface area (Å²) in [6.45, 7) is 2.33. The normalized spacial score (nSPS) is 10.2. The smallest absolute Gasteiger partial charge is 0.251 e. The zero-order valence-corrected chi connectivity index (χ0v) is 9.40. The lowest BCUT2D eigenvalue weighted by Crippen LogP contribution is -2.22. The van der Waals surface area contributed by atoms with Crippen LogP contribution in [0.25, 0.3) is 0 Å². The van der Waals surface area contributed by atoms with E-state index < -0.39 is 0 Å². The largest absolute Gasteiger partial charge is 0.508 e. The summed E-state index contributed by atoms with van der Waals surface area (Å²) in [6, 6.07) is 6.12. The van der Waals surface area contributed by atoms with E-state index in [0.717, 1.165) is 11.3 Å². The van der Waals surface area contributed by atoms with Crippen LogP contribution in [0.1, 0.15) is 21.6 Å². The van der Waals surface area contributed by atoms with Gasteiger partial charge in [-0.25, -0.2) is 0 Å². The fraction of sp³-hybridized carbons (Fsp3) is 0.167. The molecule has 0 fully saturated rings. The van der Waals surface area contributed by atoms with Crippen molar-refractivity contribution in [3.63, 3.8) is 0 Å². The molecule has 88 valence electrons. The molecule has 0 atom stereocenters. The van der Waals surface area contributed by atoms with E-state index in [-0.39, 0.29) is 11.7 Å². The third-order valence-electron chi connectivity index (χ3n) is 2.50. The van der Waals surface area contributed by atoms with E-state index in [1.807, 2.05) is 6.92 Å². The van der Waals surface area contributed by atoms with Crippen LogP contribution < -0.4 is 5.32 Å². The van der Waals surface area contributed by atoms with Gasteiger partial charge in [0, 0.05) is 23.4 Å². The van der Waals surface area contributed by atoms with Crippen LogP contribution in [-0.4, -0.2) is 21.2 Å². The van der Waals surface area contributed by atoms with Gasteiger partial charge in [0.15, 0.2) is 0 Å². The number of aromatic amines is 1. The number of benzene rings is 1. The summed E-state index contributed by atoms with van der Waals surface area (Å²) in [5.74, 6) is -0.0298. The molecule has 0 unspecified atom stereocenters. The average Bonchev–Trinajstić information content (AvgIpc) is 2.73. The number of phenols is 1. The Kier molecular flexibility index (Phi) is 3.09. The summed E-state index contributed by atoms with van der Waals surface area (Å²) in [4.78, 5) is 11.7. The number of carbonyl (C=O) groups is 1. The maximum absolute atomic E-state index is 11.7. The third kappa shape index (κ3) is 2.63. The molecule has 5 heteroatoms. The van der Waals surface area contributed by atoms with Gasteiger partial charge < -0.3 is 10.4 Å². The van der Waals surface area contributed by atoms with Crippen LogP contribution in [0.15, 0.2) is 30.5 Å². The number of H-pyrrole nitrogens is 1. The Bertz CT molecular complexity index is 517. The minimum atomic E-state index is -0.175. The third-order valence-corrected chi connectivity index (χ3v) is 2.50. The van der Waals surface area contributed by atoms with Crippen molar-refractivity contribution >= 4 is 5.91 Å². The number of phenolic OH excluding ortho intramolecular Hbond substituents is 1. The van der Waals surface area contributed by atoms with Gasteiger partial charge >= 0.3 is 0 Å². The van der Waals surface area contributed by atoms with Gasteiger partial charge in [-0.2, -0.15) is 5.10 Å². The standard InChI is InChI=1S/C12H13N3O2/c1-8-10(7-14-15-8)6-13-12(17)9-2-4-11(16)5-3-9/h2-5,7,16H,6H2,1H3,(H,13,17)(H,14,15). The Labute approximate surface area is 98.5 Å². The van der Waals surface area contributed by atoms with Crippen molar-refractivity contribution < 1.29 is 9.90 Å². The number of aromatic hydroxyl groups is 1. The zero-order chi connectivity index (χ0) is 12.3. The van der Waals surface area contributed by atoms with Gasteiger partial charge in [0.05, 0.1) is 6.20 Å². The zero-order valence-electron chi connectivity index (χ0n) is 9.40. The number of hydrogen-bond donors (Lipinski definition) is 3. The maximum atomic E-state index is 11.7. The molecule has 2 rings (SSSR count). The fourth-order valence-corrected chi connectivity index (χ4v) is 1.44. The quantitative estimate of drug-likeness (QED) is 0.746. The van der Waals surface area contributed by atoms with Crippen LogP contribution in [0.5, 0.6) is 5.75 Å². The lowest BCUT2D eigenvalue weighted by Gasteiger charge is -2.04. The van der Waals surface area contributed by atoms with Crippen LogP contribution in [-0.2, 0) is 6.54 Å². The molecule has 0 saturated heterocycles. The highest BCUT2D eigenvalue weighted by Gasteiger charge is 2.06. The van der Waals surface area contributed by atoms with Gasteiger partial charge in [-0.05, 0) is 31.2 Å². The molecular weight excluding hydrogens is 218 g/mol. The van der Waals surface area contributed by atoms with Crippen LogP contribution in [0.2, 0.25) is 0 Å². The number of aryl methyl sites for hydroxylation is 1. The first-order valence-electron chi connectivity index (χ1n) is 5.23. The monoisotopic (exact) mass is 231 g/mol. The Morgan fingerprint density at radius 1 is 1.41 bits per heavy atom. The number of rotatable bonds is 3. The highest BCUT2D eigenvalue weighted by molar-refractivity contribution is 5.94. The molecule has 0 aliphatic heterocycles. The molecule has 0 spiro atoms. The van der Waals surface area contributed by atoms with E-state index in [1.165, 1.54) is 12.1 Å². The molecule has 2 aromatic rings. The minimum Gasteiger partial charge on any atom is -0.508 e. The highest BCUT2D eigenvalue weighted by atomic mass is 16.3. The molecule has 0 aliphatic carbocycles. The second kappa shape index (κ2) is 4.69. The van der Waals surface area contributed by atoms with Gasteiger partial charge in [-0.1, -0.05) is 0 Å². The molecule has 5 nitrogen and oxygen atoms in total. The summed E-state index contributed by atoms with van der Waals surface area (Å²) >= 11 is 0. The van der Waals surface area contributed by atoms with Crippen LogP contribution in [0.3, 0.4) is 0 Å². The summed E-state index contributed by atoms with van der Waals surface area (Å²) in [5, 5.41) is 18.6. The van der Waals surface area contributed by atoms with Gasteiger partial charge in [-0.15, -0.1) is 0 Å². The first-order chi connectivity index (χ1) is 8.16. The van der Waals surface area contributed by atoms with Crippen molar-refractivity contribution in [3.05, 3.63) is 47.3 Å². The van der Waals surface area contributed by atoms with Crippen molar-refractivity contribution in [2.45, 2.75) is 13.5 Å². The van der Waals surface area contributed by atoms with Crippen molar-refractivity contribution in [1.82, 2.24) is 15.5 Å². The van der Waals surface area contributed by atoms with Crippen molar-refractivity contribution in [3.8, 4) is 5.75 Å². The molecule has 3 N–H and O–H groups in total. The molecule has 1 heterocycles. The van der Waals surface area contributed by atoms with Crippen LogP contribution in [0, 0.1) is 6.92 Å². The molecule has 1 aromatic carbocycles. The summed E-state index contributed by atoms with van der Waals surface area (Å²) in [5.41, 5.74) is 2.41. The van der Waals surface area contributed by atoms with E-state index >= 15 is 0 Å². The minimum absolute atomic E-state index is 0.146. The number of nitrogens with one attached hydrogen (secondary N) is 2. The molecule has 0 aliphatic rings. The Hall–Kier alpha value is -2.30. The van der Waals surface area contributed by atoms with Gasteiger partial charge in [0.2, 0.25) is 0 Å². The SMILES string of the molecule is Cc1[nH]ncc1CNC(=O)c1ccc(O)cc1.